The van der Waals surface area contributed by atoms with Crippen LogP contribution in [0.2, 0.25) is 0 Å². The second-order valence-corrected chi connectivity index (χ2v) is 5.74. The number of hydrogen-bond donors (Lipinski definition) is 2. The van der Waals surface area contributed by atoms with Crippen LogP contribution in [0.1, 0.15) is 24.4 Å². The van der Waals surface area contributed by atoms with Crippen LogP contribution in [0.4, 0.5) is 0 Å². The highest BCUT2D eigenvalue weighted by molar-refractivity contribution is 7.99. The molecule has 1 aromatic heterocycles. The number of nitrogens with one attached hydrogen (secondary N) is 1. The standard InChI is InChI=1S/C13H16N4OS/c14-8-7-9-1-5-11(6-2-9)19-13-16-15-12(18)17(13)10-3-4-10/h1-2,5-6,10H,3-4,7-8,14H2,(H,15,18). The van der Waals surface area contributed by atoms with Gasteiger partial charge in [-0.2, -0.15) is 0 Å². The van der Waals surface area contributed by atoms with E-state index < -0.39 is 0 Å². The molecule has 1 heterocycles. The van der Waals surface area contributed by atoms with Gasteiger partial charge in [-0.15, -0.1) is 5.10 Å². The quantitative estimate of drug-likeness (QED) is 0.869. The van der Waals surface area contributed by atoms with Gasteiger partial charge in [0.15, 0.2) is 5.16 Å². The first kappa shape index (κ1) is 12.5. The molecule has 0 spiro atoms. The van der Waals surface area contributed by atoms with Gasteiger partial charge in [0.1, 0.15) is 0 Å². The molecule has 19 heavy (non-hydrogen) atoms. The lowest BCUT2D eigenvalue weighted by Gasteiger charge is -2.04. The molecule has 0 bridgehead atoms. The molecule has 5 nitrogen and oxygen atoms in total. The second kappa shape index (κ2) is 5.22. The fourth-order valence-electron chi connectivity index (χ4n) is 2.01. The molecular weight excluding hydrogens is 260 g/mol. The van der Waals surface area contributed by atoms with Crippen LogP contribution in [-0.4, -0.2) is 21.3 Å². The second-order valence-electron chi connectivity index (χ2n) is 4.70. The van der Waals surface area contributed by atoms with E-state index in [4.69, 9.17) is 5.73 Å². The van der Waals surface area contributed by atoms with Crippen LogP contribution >= 0.6 is 11.8 Å². The van der Waals surface area contributed by atoms with Crippen molar-refractivity contribution in [1.82, 2.24) is 14.8 Å². The SMILES string of the molecule is NCCc1ccc(Sc2n[nH]c(=O)n2C2CC2)cc1. The maximum absolute atomic E-state index is 11.7. The largest absolute Gasteiger partial charge is 0.344 e. The first-order chi connectivity index (χ1) is 9.28. The Bertz CT molecular complexity index is 612. The molecular formula is C13H16N4OS. The summed E-state index contributed by atoms with van der Waals surface area (Å²) in [5.41, 5.74) is 6.65. The summed E-state index contributed by atoms with van der Waals surface area (Å²) in [7, 11) is 0. The van der Waals surface area contributed by atoms with E-state index in [0.717, 1.165) is 29.3 Å². The summed E-state index contributed by atoms with van der Waals surface area (Å²) in [5.74, 6) is 0. The van der Waals surface area contributed by atoms with E-state index in [1.165, 1.54) is 17.3 Å². The van der Waals surface area contributed by atoms with Crippen molar-refractivity contribution in [2.75, 3.05) is 6.54 Å². The Morgan fingerprint density at radius 3 is 2.74 bits per heavy atom. The van der Waals surface area contributed by atoms with Crippen molar-refractivity contribution in [1.29, 1.82) is 0 Å². The summed E-state index contributed by atoms with van der Waals surface area (Å²) in [6.07, 6.45) is 3.03. The van der Waals surface area contributed by atoms with E-state index in [0.29, 0.717) is 12.6 Å². The van der Waals surface area contributed by atoms with Crippen LogP contribution in [0, 0.1) is 0 Å². The summed E-state index contributed by atoms with van der Waals surface area (Å²) in [4.78, 5) is 12.8. The molecule has 0 unspecified atom stereocenters. The number of rotatable bonds is 5. The lowest BCUT2D eigenvalue weighted by molar-refractivity contribution is 0.642. The van der Waals surface area contributed by atoms with Gasteiger partial charge in [0.25, 0.3) is 0 Å². The third-order valence-corrected chi connectivity index (χ3v) is 4.13. The van der Waals surface area contributed by atoms with Gasteiger partial charge in [0, 0.05) is 10.9 Å². The Kier molecular flexibility index (Phi) is 3.44. The Labute approximate surface area is 115 Å². The molecule has 3 N–H and O–H groups in total. The highest BCUT2D eigenvalue weighted by Gasteiger charge is 2.28. The smallest absolute Gasteiger partial charge is 0.330 e. The monoisotopic (exact) mass is 276 g/mol. The van der Waals surface area contributed by atoms with Crippen LogP contribution in [0.5, 0.6) is 0 Å². The molecule has 100 valence electrons. The molecule has 1 aromatic carbocycles. The summed E-state index contributed by atoms with van der Waals surface area (Å²) < 4.78 is 1.76. The molecule has 0 saturated heterocycles. The number of nitrogens with two attached hydrogens (primary N) is 1. The van der Waals surface area contributed by atoms with Gasteiger partial charge in [0.05, 0.1) is 0 Å². The molecule has 0 radical (unpaired) electrons. The zero-order valence-corrected chi connectivity index (χ0v) is 11.3. The minimum Gasteiger partial charge on any atom is -0.330 e. The number of H-pyrrole nitrogens is 1. The maximum Gasteiger partial charge on any atom is 0.344 e. The van der Waals surface area contributed by atoms with Gasteiger partial charge in [-0.1, -0.05) is 12.1 Å². The third-order valence-electron chi connectivity index (χ3n) is 3.15. The van der Waals surface area contributed by atoms with Gasteiger partial charge >= 0.3 is 5.69 Å². The predicted octanol–water partition coefficient (Wildman–Crippen LogP) is 1.56. The first-order valence-electron chi connectivity index (χ1n) is 6.41. The topological polar surface area (TPSA) is 76.7 Å². The molecule has 0 aliphatic heterocycles. The number of hydrogen-bond acceptors (Lipinski definition) is 4. The predicted molar refractivity (Wildman–Crippen MR) is 74.4 cm³/mol. The minimum absolute atomic E-state index is 0.107. The first-order valence-corrected chi connectivity index (χ1v) is 7.23. The van der Waals surface area contributed by atoms with Crippen LogP contribution in [-0.2, 0) is 6.42 Å². The zero-order valence-electron chi connectivity index (χ0n) is 10.5. The number of nitrogens with zero attached hydrogens (tertiary/aromatic N) is 2. The number of aromatic amines is 1. The molecule has 6 heteroatoms. The summed E-state index contributed by atoms with van der Waals surface area (Å²) in [6.45, 7) is 0.660. The lowest BCUT2D eigenvalue weighted by atomic mass is 10.2. The van der Waals surface area contributed by atoms with Crippen LogP contribution < -0.4 is 11.4 Å². The molecule has 1 aliphatic carbocycles. The average Bonchev–Trinajstić information content (AvgIpc) is 3.18. The van der Waals surface area contributed by atoms with Crippen molar-refractivity contribution in [3.63, 3.8) is 0 Å². The van der Waals surface area contributed by atoms with Crippen molar-refractivity contribution in [3.05, 3.63) is 40.3 Å². The molecule has 2 aromatic rings. The van der Waals surface area contributed by atoms with E-state index in [-0.39, 0.29) is 5.69 Å². The third kappa shape index (κ3) is 2.74. The normalized spacial score (nSPS) is 14.8. The van der Waals surface area contributed by atoms with Crippen molar-refractivity contribution >= 4 is 11.8 Å². The Morgan fingerprint density at radius 2 is 2.11 bits per heavy atom. The van der Waals surface area contributed by atoms with Gasteiger partial charge < -0.3 is 5.73 Å². The average molecular weight is 276 g/mol. The van der Waals surface area contributed by atoms with E-state index in [1.807, 2.05) is 12.1 Å². The van der Waals surface area contributed by atoms with E-state index in [1.54, 1.807) is 4.57 Å². The van der Waals surface area contributed by atoms with Crippen molar-refractivity contribution < 1.29 is 0 Å². The van der Waals surface area contributed by atoms with Crippen LogP contribution in [0.15, 0.2) is 39.1 Å². The van der Waals surface area contributed by atoms with Gasteiger partial charge in [-0.05, 0) is 55.3 Å². The van der Waals surface area contributed by atoms with Gasteiger partial charge in [-0.25, -0.2) is 9.89 Å². The summed E-state index contributed by atoms with van der Waals surface area (Å²) >= 11 is 1.52. The minimum atomic E-state index is -0.107. The molecule has 1 aliphatic rings. The van der Waals surface area contributed by atoms with Gasteiger partial charge in [0.2, 0.25) is 0 Å². The molecule has 3 rings (SSSR count). The number of benzene rings is 1. The highest BCUT2D eigenvalue weighted by Crippen LogP contribution is 2.37. The van der Waals surface area contributed by atoms with Crippen LogP contribution in [0.3, 0.4) is 0 Å². The lowest BCUT2D eigenvalue weighted by Crippen LogP contribution is -2.15. The number of aromatic nitrogens is 3. The molecule has 1 saturated carbocycles. The maximum atomic E-state index is 11.7. The fraction of sp³-hybridized carbons (Fsp3) is 0.385. The Hall–Kier alpha value is -1.53. The van der Waals surface area contributed by atoms with Crippen molar-refractivity contribution in [2.45, 2.75) is 35.4 Å². The Balaban J connectivity index is 1.79. The highest BCUT2D eigenvalue weighted by atomic mass is 32.2. The van der Waals surface area contributed by atoms with Gasteiger partial charge in [-0.3, -0.25) is 4.57 Å². The summed E-state index contributed by atoms with van der Waals surface area (Å²) in [5, 5.41) is 7.38. The summed E-state index contributed by atoms with van der Waals surface area (Å²) in [6, 6.07) is 8.58. The van der Waals surface area contributed by atoms with Crippen LogP contribution in [0.25, 0.3) is 0 Å². The van der Waals surface area contributed by atoms with E-state index in [2.05, 4.69) is 22.3 Å². The molecule has 1 fully saturated rings. The zero-order chi connectivity index (χ0) is 13.2. The Morgan fingerprint density at radius 1 is 1.37 bits per heavy atom. The molecule has 0 atom stereocenters. The van der Waals surface area contributed by atoms with Crippen molar-refractivity contribution in [3.8, 4) is 0 Å². The molecule has 0 amide bonds. The van der Waals surface area contributed by atoms with Crippen molar-refractivity contribution in [2.24, 2.45) is 5.73 Å². The van der Waals surface area contributed by atoms with E-state index >= 15 is 0 Å². The van der Waals surface area contributed by atoms with E-state index in [9.17, 15) is 4.79 Å². The fourth-order valence-corrected chi connectivity index (χ4v) is 2.92.